The molecule has 1 aromatic heterocycles. The summed E-state index contributed by atoms with van der Waals surface area (Å²) in [5.41, 5.74) is 1.93. The first-order valence-electron chi connectivity index (χ1n) is 9.37. The maximum absolute atomic E-state index is 12.9. The zero-order chi connectivity index (χ0) is 18.1. The molecule has 2 amide bonds. The number of likely N-dealkylation sites (tertiary alicyclic amines) is 1. The third kappa shape index (κ3) is 3.19. The average molecular weight is 354 g/mol. The Morgan fingerprint density at radius 3 is 2.85 bits per heavy atom. The van der Waals surface area contributed by atoms with Gasteiger partial charge in [-0.3, -0.25) is 0 Å². The van der Waals surface area contributed by atoms with Gasteiger partial charge in [0.15, 0.2) is 5.82 Å². The van der Waals surface area contributed by atoms with Crippen LogP contribution in [0.4, 0.5) is 10.5 Å². The van der Waals surface area contributed by atoms with Crippen molar-refractivity contribution in [3.8, 4) is 0 Å². The van der Waals surface area contributed by atoms with Gasteiger partial charge < -0.3 is 19.7 Å². The second kappa shape index (κ2) is 7.07. The van der Waals surface area contributed by atoms with Crippen molar-refractivity contribution >= 4 is 11.7 Å². The molecule has 1 saturated heterocycles. The van der Waals surface area contributed by atoms with Crippen molar-refractivity contribution in [3.05, 3.63) is 41.5 Å². The third-order valence-electron chi connectivity index (χ3n) is 5.48. The number of nitrogens with one attached hydrogen (secondary N) is 1. The summed E-state index contributed by atoms with van der Waals surface area (Å²) in [4.78, 5) is 17.1. The second-order valence-electron chi connectivity index (χ2n) is 7.28. The molecule has 2 aromatic rings. The molecule has 1 unspecified atom stereocenters. The number of aromatic nitrogens is 3. The number of urea groups is 1. The summed E-state index contributed by atoms with van der Waals surface area (Å²) in [6, 6.07) is 7.82. The van der Waals surface area contributed by atoms with E-state index < -0.39 is 0 Å². The van der Waals surface area contributed by atoms with Crippen LogP contribution in [0.5, 0.6) is 0 Å². The number of benzene rings is 1. The van der Waals surface area contributed by atoms with Crippen molar-refractivity contribution in [2.45, 2.75) is 38.8 Å². The van der Waals surface area contributed by atoms with Gasteiger partial charge in [0, 0.05) is 38.3 Å². The van der Waals surface area contributed by atoms with E-state index in [1.54, 1.807) is 0 Å². The van der Waals surface area contributed by atoms with Crippen molar-refractivity contribution in [3.63, 3.8) is 0 Å². The van der Waals surface area contributed by atoms with Crippen LogP contribution < -0.4 is 5.32 Å². The highest BCUT2D eigenvalue weighted by Gasteiger charge is 2.34. The van der Waals surface area contributed by atoms with E-state index in [1.807, 2.05) is 36.1 Å². The summed E-state index contributed by atoms with van der Waals surface area (Å²) in [6.07, 6.45) is 2.84. The fraction of sp³-hybridized carbons (Fsp3) is 0.526. The normalized spacial score (nSPS) is 20.7. The van der Waals surface area contributed by atoms with E-state index in [1.165, 1.54) is 0 Å². The molecule has 0 aliphatic carbocycles. The van der Waals surface area contributed by atoms with E-state index in [0.717, 1.165) is 68.3 Å². The molecule has 7 nitrogen and oxygen atoms in total. The number of anilines is 1. The number of carbonyl (C=O) groups is 1. The van der Waals surface area contributed by atoms with Crippen LogP contribution >= 0.6 is 0 Å². The highest BCUT2D eigenvalue weighted by atomic mass is 16.2. The Morgan fingerprint density at radius 1 is 1.15 bits per heavy atom. The molecule has 138 valence electrons. The maximum atomic E-state index is 12.9. The van der Waals surface area contributed by atoms with Crippen LogP contribution in [-0.4, -0.2) is 57.3 Å². The summed E-state index contributed by atoms with van der Waals surface area (Å²) in [7, 11) is 2.14. The van der Waals surface area contributed by atoms with Gasteiger partial charge in [0.1, 0.15) is 5.82 Å². The van der Waals surface area contributed by atoms with E-state index in [-0.39, 0.29) is 12.1 Å². The van der Waals surface area contributed by atoms with Gasteiger partial charge in [-0.15, -0.1) is 10.2 Å². The molecular weight excluding hydrogens is 328 g/mol. The lowest BCUT2D eigenvalue weighted by Gasteiger charge is -2.25. The van der Waals surface area contributed by atoms with E-state index in [4.69, 9.17) is 0 Å². The monoisotopic (exact) mass is 354 g/mol. The Labute approximate surface area is 154 Å². The number of carbonyl (C=O) groups excluding carboxylic acids is 1. The second-order valence-corrected chi connectivity index (χ2v) is 7.28. The predicted molar refractivity (Wildman–Crippen MR) is 100 cm³/mol. The Kier molecular flexibility index (Phi) is 4.63. The van der Waals surface area contributed by atoms with Crippen LogP contribution in [0.1, 0.15) is 36.1 Å². The van der Waals surface area contributed by atoms with E-state index in [9.17, 15) is 4.79 Å². The van der Waals surface area contributed by atoms with Crippen molar-refractivity contribution in [2.24, 2.45) is 0 Å². The van der Waals surface area contributed by atoms with Crippen LogP contribution in [-0.2, 0) is 13.0 Å². The standard InChI is InChI=1S/C19H26N6O/c1-14-6-3-4-7-15(14)20-19(26)24-10-5-8-16(24)18-22-21-17-9-11-23(2)12-13-25(17)18/h3-4,6-7,16H,5,8-13H2,1-2H3,(H,20,26). The molecule has 26 heavy (non-hydrogen) atoms. The largest absolute Gasteiger partial charge is 0.322 e. The molecule has 4 rings (SSSR count). The van der Waals surface area contributed by atoms with Crippen LogP contribution in [0.25, 0.3) is 0 Å². The Morgan fingerprint density at radius 2 is 2.00 bits per heavy atom. The quantitative estimate of drug-likeness (QED) is 0.900. The van der Waals surface area contributed by atoms with Crippen LogP contribution in [0, 0.1) is 6.92 Å². The van der Waals surface area contributed by atoms with Crippen LogP contribution in [0.15, 0.2) is 24.3 Å². The first-order valence-corrected chi connectivity index (χ1v) is 9.37. The Balaban J connectivity index is 1.55. The van der Waals surface area contributed by atoms with Gasteiger partial charge in [-0.2, -0.15) is 0 Å². The number of aryl methyl sites for hydroxylation is 1. The zero-order valence-electron chi connectivity index (χ0n) is 15.5. The number of nitrogens with zero attached hydrogens (tertiary/aromatic N) is 5. The summed E-state index contributed by atoms with van der Waals surface area (Å²) < 4.78 is 2.23. The third-order valence-corrected chi connectivity index (χ3v) is 5.48. The van der Waals surface area contributed by atoms with Crippen molar-refractivity contribution in [2.75, 3.05) is 32.0 Å². The minimum Gasteiger partial charge on any atom is -0.314 e. The first-order chi connectivity index (χ1) is 12.6. The molecule has 7 heteroatoms. The van der Waals surface area contributed by atoms with Gasteiger partial charge in [-0.25, -0.2) is 4.79 Å². The lowest BCUT2D eigenvalue weighted by atomic mass is 10.2. The summed E-state index contributed by atoms with van der Waals surface area (Å²) in [6.45, 7) is 5.63. The number of hydrogen-bond donors (Lipinski definition) is 1. The van der Waals surface area contributed by atoms with Gasteiger partial charge in [-0.05, 0) is 38.4 Å². The number of para-hydroxylation sites is 1. The molecule has 0 bridgehead atoms. The molecule has 1 N–H and O–H groups in total. The fourth-order valence-corrected chi connectivity index (χ4v) is 3.88. The highest BCUT2D eigenvalue weighted by Crippen LogP contribution is 2.32. The molecule has 1 aromatic carbocycles. The number of fused-ring (bicyclic) bond motifs is 1. The molecule has 1 fully saturated rings. The SMILES string of the molecule is Cc1ccccc1NC(=O)N1CCCC1c1nnc2n1CCN(C)CC2. The first kappa shape index (κ1) is 17.0. The van der Waals surface area contributed by atoms with E-state index >= 15 is 0 Å². The topological polar surface area (TPSA) is 66.3 Å². The summed E-state index contributed by atoms with van der Waals surface area (Å²) in [5, 5.41) is 12.0. The zero-order valence-corrected chi connectivity index (χ0v) is 15.5. The minimum atomic E-state index is -0.0510. The molecule has 1 atom stereocenters. The maximum Gasteiger partial charge on any atom is 0.322 e. The Bertz CT molecular complexity index is 801. The van der Waals surface area contributed by atoms with Gasteiger partial charge in [0.05, 0.1) is 6.04 Å². The minimum absolute atomic E-state index is 0.00340. The average Bonchev–Trinajstić information content (AvgIpc) is 3.22. The molecular formula is C19H26N6O. The molecule has 0 saturated carbocycles. The van der Waals surface area contributed by atoms with E-state index in [2.05, 4.69) is 32.0 Å². The highest BCUT2D eigenvalue weighted by molar-refractivity contribution is 5.90. The van der Waals surface area contributed by atoms with Gasteiger partial charge in [-0.1, -0.05) is 18.2 Å². The van der Waals surface area contributed by atoms with Gasteiger partial charge in [0.25, 0.3) is 0 Å². The van der Waals surface area contributed by atoms with Crippen molar-refractivity contribution in [1.29, 1.82) is 0 Å². The van der Waals surface area contributed by atoms with Gasteiger partial charge in [0.2, 0.25) is 0 Å². The smallest absolute Gasteiger partial charge is 0.314 e. The summed E-state index contributed by atoms with van der Waals surface area (Å²) >= 11 is 0. The van der Waals surface area contributed by atoms with Crippen molar-refractivity contribution in [1.82, 2.24) is 24.6 Å². The van der Waals surface area contributed by atoms with Gasteiger partial charge >= 0.3 is 6.03 Å². The van der Waals surface area contributed by atoms with Crippen molar-refractivity contribution < 1.29 is 4.79 Å². The fourth-order valence-electron chi connectivity index (χ4n) is 3.88. The predicted octanol–water partition coefficient (Wildman–Crippen LogP) is 2.44. The molecule has 0 spiro atoms. The van der Waals surface area contributed by atoms with E-state index in [0.29, 0.717) is 0 Å². The molecule has 3 heterocycles. The number of rotatable bonds is 2. The summed E-state index contributed by atoms with van der Waals surface area (Å²) in [5.74, 6) is 1.98. The Hall–Kier alpha value is -2.41. The molecule has 2 aliphatic rings. The molecule has 0 radical (unpaired) electrons. The molecule has 2 aliphatic heterocycles. The van der Waals surface area contributed by atoms with Crippen LogP contribution in [0.2, 0.25) is 0 Å². The lowest BCUT2D eigenvalue weighted by Crippen LogP contribution is -2.36. The lowest BCUT2D eigenvalue weighted by molar-refractivity contribution is 0.203. The number of amides is 2. The van der Waals surface area contributed by atoms with Crippen LogP contribution in [0.3, 0.4) is 0 Å². The number of likely N-dealkylation sites (N-methyl/N-ethyl adjacent to an activating group) is 1. The number of hydrogen-bond acceptors (Lipinski definition) is 4.